The van der Waals surface area contributed by atoms with E-state index in [2.05, 4.69) is 16.4 Å². The Balaban J connectivity index is 1.66. The van der Waals surface area contributed by atoms with E-state index < -0.39 is 0 Å². The quantitative estimate of drug-likeness (QED) is 0.784. The number of quaternary nitrogens is 1. The third-order valence-corrected chi connectivity index (χ3v) is 4.27. The lowest BCUT2D eigenvalue weighted by atomic mass is 9.97. The van der Waals surface area contributed by atoms with Crippen LogP contribution in [-0.4, -0.2) is 41.6 Å². The summed E-state index contributed by atoms with van der Waals surface area (Å²) >= 11 is 0. The van der Waals surface area contributed by atoms with Crippen LogP contribution >= 0.6 is 0 Å². The number of aromatic nitrogens is 2. The molecule has 0 radical (unpaired) electrons. The maximum absolute atomic E-state index is 12.0. The normalized spacial score (nSPS) is 22.1. The predicted molar refractivity (Wildman–Crippen MR) is 86.9 cm³/mol. The van der Waals surface area contributed by atoms with Crippen molar-refractivity contribution in [3.63, 3.8) is 0 Å². The summed E-state index contributed by atoms with van der Waals surface area (Å²) in [6, 6.07) is 8.36. The number of imidazole rings is 1. The van der Waals surface area contributed by atoms with E-state index in [9.17, 15) is 4.79 Å². The molecule has 0 saturated carbocycles. The molecule has 1 fully saturated rings. The van der Waals surface area contributed by atoms with Gasteiger partial charge in [0.1, 0.15) is 5.82 Å². The number of hydrogen-bond acceptors (Lipinski definition) is 2. The fraction of sp³-hybridized carbons (Fsp3) is 0.529. The van der Waals surface area contributed by atoms with E-state index >= 15 is 0 Å². The van der Waals surface area contributed by atoms with Crippen LogP contribution in [0, 0.1) is 0 Å². The van der Waals surface area contributed by atoms with Gasteiger partial charge in [-0.2, -0.15) is 0 Å². The van der Waals surface area contributed by atoms with Crippen LogP contribution in [0.2, 0.25) is 0 Å². The second-order valence-electron chi connectivity index (χ2n) is 6.58. The minimum atomic E-state index is 0.148. The zero-order valence-electron chi connectivity index (χ0n) is 13.4. The Labute approximate surface area is 131 Å². The highest BCUT2D eigenvalue weighted by Gasteiger charge is 2.28. The summed E-state index contributed by atoms with van der Waals surface area (Å²) in [5.41, 5.74) is 2.13. The van der Waals surface area contributed by atoms with Crippen molar-refractivity contribution in [3.8, 4) is 0 Å². The lowest BCUT2D eigenvalue weighted by Crippen LogP contribution is -3.14. The standard InChI is InChI=1S/C17H24N4O/c1-12(2)18-16(22)11-21-9-5-6-13(10-21)17-19-14-7-3-4-8-15(14)20-17/h3-4,7-8,12-13H,5-6,9-11H2,1-2H3,(H,18,22)(H,19,20)/p+1/t13-/m1/s1. The summed E-state index contributed by atoms with van der Waals surface area (Å²) in [4.78, 5) is 21.5. The van der Waals surface area contributed by atoms with Crippen molar-refractivity contribution in [1.82, 2.24) is 15.3 Å². The van der Waals surface area contributed by atoms with Crippen molar-refractivity contribution < 1.29 is 9.69 Å². The Hall–Kier alpha value is -1.88. The van der Waals surface area contributed by atoms with Crippen molar-refractivity contribution in [1.29, 1.82) is 0 Å². The van der Waals surface area contributed by atoms with Crippen LogP contribution in [-0.2, 0) is 4.79 Å². The van der Waals surface area contributed by atoms with Gasteiger partial charge in [0, 0.05) is 6.04 Å². The molecule has 0 aliphatic carbocycles. The van der Waals surface area contributed by atoms with E-state index in [0.717, 1.165) is 42.8 Å². The van der Waals surface area contributed by atoms with Gasteiger partial charge < -0.3 is 15.2 Å². The molecule has 5 heteroatoms. The Kier molecular flexibility index (Phi) is 4.43. The molecule has 1 unspecified atom stereocenters. The number of carbonyl (C=O) groups is 1. The number of rotatable bonds is 4. The highest BCUT2D eigenvalue weighted by molar-refractivity contribution is 5.77. The third kappa shape index (κ3) is 3.47. The van der Waals surface area contributed by atoms with Crippen molar-refractivity contribution >= 4 is 16.9 Å². The molecule has 0 spiro atoms. The summed E-state index contributed by atoms with van der Waals surface area (Å²) in [5.74, 6) is 1.64. The SMILES string of the molecule is CC(C)NC(=O)C[NH+]1CCC[C@@H](c2nc3ccccc3[nH]2)C1. The molecule has 5 nitrogen and oxygen atoms in total. The first-order chi connectivity index (χ1) is 10.6. The fourth-order valence-electron chi connectivity index (χ4n) is 3.31. The molecule has 2 aromatic rings. The molecule has 1 amide bonds. The first kappa shape index (κ1) is 15.0. The monoisotopic (exact) mass is 301 g/mol. The van der Waals surface area contributed by atoms with E-state index in [0.29, 0.717) is 12.5 Å². The number of nitrogens with one attached hydrogen (secondary N) is 3. The molecule has 22 heavy (non-hydrogen) atoms. The first-order valence-electron chi connectivity index (χ1n) is 8.19. The number of carbonyl (C=O) groups excluding carboxylic acids is 1. The highest BCUT2D eigenvalue weighted by atomic mass is 16.2. The number of likely N-dealkylation sites (tertiary alicyclic amines) is 1. The van der Waals surface area contributed by atoms with Crippen LogP contribution in [0.15, 0.2) is 24.3 Å². The van der Waals surface area contributed by atoms with E-state index in [4.69, 9.17) is 4.98 Å². The summed E-state index contributed by atoms with van der Waals surface area (Å²) in [6.45, 7) is 6.61. The molecule has 1 saturated heterocycles. The molecule has 1 aliphatic heterocycles. The average molecular weight is 301 g/mol. The Morgan fingerprint density at radius 2 is 2.27 bits per heavy atom. The van der Waals surface area contributed by atoms with Crippen LogP contribution in [0.25, 0.3) is 11.0 Å². The van der Waals surface area contributed by atoms with Gasteiger partial charge in [-0.05, 0) is 38.8 Å². The predicted octanol–water partition coefficient (Wildman–Crippen LogP) is 0.850. The number of nitrogens with zero attached hydrogens (tertiary/aromatic N) is 1. The summed E-state index contributed by atoms with van der Waals surface area (Å²) < 4.78 is 0. The number of fused-ring (bicyclic) bond motifs is 1. The molecular formula is C17H25N4O+. The maximum atomic E-state index is 12.0. The molecule has 3 rings (SSSR count). The minimum absolute atomic E-state index is 0.148. The summed E-state index contributed by atoms with van der Waals surface area (Å²) in [5, 5.41) is 2.98. The van der Waals surface area contributed by atoms with Gasteiger partial charge >= 0.3 is 0 Å². The number of benzene rings is 1. The lowest BCUT2D eigenvalue weighted by Gasteiger charge is -2.28. The number of para-hydroxylation sites is 2. The van der Waals surface area contributed by atoms with Crippen LogP contribution in [0.4, 0.5) is 0 Å². The molecule has 118 valence electrons. The molecule has 1 aliphatic rings. The van der Waals surface area contributed by atoms with E-state index in [1.165, 1.54) is 4.90 Å². The smallest absolute Gasteiger partial charge is 0.275 e. The largest absolute Gasteiger partial charge is 0.349 e. The van der Waals surface area contributed by atoms with Gasteiger partial charge in [0.25, 0.3) is 5.91 Å². The van der Waals surface area contributed by atoms with Crippen molar-refractivity contribution in [3.05, 3.63) is 30.1 Å². The molecule has 2 atom stereocenters. The van der Waals surface area contributed by atoms with E-state index in [1.54, 1.807) is 0 Å². The molecule has 0 bridgehead atoms. The number of hydrogen-bond donors (Lipinski definition) is 3. The van der Waals surface area contributed by atoms with E-state index in [-0.39, 0.29) is 11.9 Å². The van der Waals surface area contributed by atoms with Gasteiger partial charge in [-0.1, -0.05) is 12.1 Å². The summed E-state index contributed by atoms with van der Waals surface area (Å²) in [6.07, 6.45) is 2.29. The Morgan fingerprint density at radius 1 is 1.45 bits per heavy atom. The molecular weight excluding hydrogens is 276 g/mol. The van der Waals surface area contributed by atoms with Gasteiger partial charge in [0.15, 0.2) is 6.54 Å². The average Bonchev–Trinajstić information content (AvgIpc) is 2.90. The number of aromatic amines is 1. The van der Waals surface area contributed by atoms with Crippen molar-refractivity contribution in [2.45, 2.75) is 38.6 Å². The summed E-state index contributed by atoms with van der Waals surface area (Å²) in [7, 11) is 0. The number of H-pyrrole nitrogens is 1. The van der Waals surface area contributed by atoms with E-state index in [1.807, 2.05) is 32.0 Å². The van der Waals surface area contributed by atoms with Crippen molar-refractivity contribution in [2.75, 3.05) is 19.6 Å². The van der Waals surface area contributed by atoms with Crippen LogP contribution in [0.3, 0.4) is 0 Å². The zero-order chi connectivity index (χ0) is 15.5. The molecule has 1 aromatic heterocycles. The molecule has 2 heterocycles. The zero-order valence-corrected chi connectivity index (χ0v) is 13.4. The Bertz CT molecular complexity index is 616. The Morgan fingerprint density at radius 3 is 3.05 bits per heavy atom. The molecule has 1 aromatic carbocycles. The van der Waals surface area contributed by atoms with Gasteiger partial charge in [-0.25, -0.2) is 4.98 Å². The fourth-order valence-corrected chi connectivity index (χ4v) is 3.31. The first-order valence-corrected chi connectivity index (χ1v) is 8.19. The molecule has 3 N–H and O–H groups in total. The second kappa shape index (κ2) is 6.48. The topological polar surface area (TPSA) is 62.2 Å². The van der Waals surface area contributed by atoms with Crippen LogP contribution in [0.1, 0.15) is 38.4 Å². The van der Waals surface area contributed by atoms with Crippen LogP contribution in [0.5, 0.6) is 0 Å². The number of piperidine rings is 1. The van der Waals surface area contributed by atoms with Crippen LogP contribution < -0.4 is 10.2 Å². The minimum Gasteiger partial charge on any atom is -0.349 e. The lowest BCUT2D eigenvalue weighted by molar-refractivity contribution is -0.898. The van der Waals surface area contributed by atoms with Gasteiger partial charge in [0.05, 0.1) is 30.0 Å². The highest BCUT2D eigenvalue weighted by Crippen LogP contribution is 2.21. The van der Waals surface area contributed by atoms with Crippen molar-refractivity contribution in [2.24, 2.45) is 0 Å². The maximum Gasteiger partial charge on any atom is 0.275 e. The van der Waals surface area contributed by atoms with Gasteiger partial charge in [0.2, 0.25) is 0 Å². The second-order valence-corrected chi connectivity index (χ2v) is 6.58. The number of amides is 1. The third-order valence-electron chi connectivity index (χ3n) is 4.27. The van der Waals surface area contributed by atoms with Gasteiger partial charge in [-0.15, -0.1) is 0 Å². The van der Waals surface area contributed by atoms with Gasteiger partial charge in [-0.3, -0.25) is 4.79 Å².